The highest BCUT2D eigenvalue weighted by atomic mass is 35.7. The number of fused-ring (bicyclic) bond motifs is 1. The Bertz CT molecular complexity index is 2200. The summed E-state index contributed by atoms with van der Waals surface area (Å²) in [4.78, 5) is -1.74. The van der Waals surface area contributed by atoms with Gasteiger partial charge in [-0.15, -0.1) is 0 Å². The van der Waals surface area contributed by atoms with Gasteiger partial charge in [-0.1, -0.05) is 72.8 Å². The van der Waals surface area contributed by atoms with Crippen molar-refractivity contribution >= 4 is 66.4 Å². The summed E-state index contributed by atoms with van der Waals surface area (Å²) in [6, 6.07) is 26.2. The van der Waals surface area contributed by atoms with E-state index in [4.69, 9.17) is 14.9 Å². The maximum atomic E-state index is 14.0. The molecule has 0 spiro atoms. The average Bonchev–Trinajstić information content (AvgIpc) is 2.98. The van der Waals surface area contributed by atoms with E-state index in [1.54, 1.807) is 18.2 Å². The standard InChI is InChI=1S/C28H20ClNO9S4/c29-40(31,32)27-20-19-24-25(28(27)39-43(37,38)23-15-8-3-9-16-23)17-10-18-26(24)30(41(33,34)21-11-4-1-5-12-21)42(35,36)22-13-6-2-7-14-22/h1-20H. The SMILES string of the molecule is O=S(=O)(Cl)c1ccc2c(N(S(=O)(=O)c3ccccc3)S(=O)(=O)c3ccccc3)cccc2c1OS(=O)(=O)c1ccccc1. The Morgan fingerprint density at radius 1 is 0.488 bits per heavy atom. The Labute approximate surface area is 253 Å². The summed E-state index contributed by atoms with van der Waals surface area (Å²) in [6.45, 7) is 0. The van der Waals surface area contributed by atoms with Crippen molar-refractivity contribution < 1.29 is 37.9 Å². The van der Waals surface area contributed by atoms with Crippen molar-refractivity contribution in [3.8, 4) is 5.75 Å². The molecule has 0 radical (unpaired) electrons. The van der Waals surface area contributed by atoms with Crippen LogP contribution in [-0.4, -0.2) is 33.7 Å². The maximum absolute atomic E-state index is 14.0. The second kappa shape index (κ2) is 11.3. The lowest BCUT2D eigenvalue weighted by Gasteiger charge is -2.26. The Morgan fingerprint density at radius 2 is 0.953 bits per heavy atom. The van der Waals surface area contributed by atoms with Crippen LogP contribution in [0, 0.1) is 0 Å². The molecule has 10 nitrogen and oxygen atoms in total. The first-order valence-electron chi connectivity index (χ1n) is 12.2. The van der Waals surface area contributed by atoms with Crippen molar-refractivity contribution in [1.29, 1.82) is 0 Å². The molecule has 0 amide bonds. The highest BCUT2D eigenvalue weighted by molar-refractivity contribution is 8.14. The number of nitrogens with zero attached hydrogens (tertiary/aromatic N) is 1. The molecule has 0 bridgehead atoms. The summed E-state index contributed by atoms with van der Waals surface area (Å²) in [7, 11) is -13.3. The number of hydrogen-bond donors (Lipinski definition) is 0. The monoisotopic (exact) mass is 677 g/mol. The van der Waals surface area contributed by atoms with Crippen LogP contribution in [0.3, 0.4) is 0 Å². The van der Waals surface area contributed by atoms with Crippen molar-refractivity contribution in [3.63, 3.8) is 0 Å². The molecule has 0 unspecified atom stereocenters. The van der Waals surface area contributed by atoms with E-state index in [0.717, 1.165) is 12.1 Å². The molecule has 5 aromatic rings. The largest absolute Gasteiger partial charge is 0.377 e. The predicted molar refractivity (Wildman–Crippen MR) is 161 cm³/mol. The van der Waals surface area contributed by atoms with Gasteiger partial charge in [-0.05, 0) is 48.5 Å². The number of anilines is 1. The van der Waals surface area contributed by atoms with Crippen molar-refractivity contribution in [2.45, 2.75) is 19.6 Å². The Balaban J connectivity index is 1.84. The van der Waals surface area contributed by atoms with Crippen LogP contribution in [0.2, 0.25) is 0 Å². The summed E-state index contributed by atoms with van der Waals surface area (Å²) in [6.07, 6.45) is 0. The molecule has 5 aromatic carbocycles. The minimum absolute atomic E-state index is 0.163. The van der Waals surface area contributed by atoms with Gasteiger partial charge in [-0.25, -0.2) is 25.3 Å². The Kier molecular flexibility index (Phi) is 8.00. The average molecular weight is 678 g/mol. The van der Waals surface area contributed by atoms with E-state index >= 15 is 0 Å². The van der Waals surface area contributed by atoms with Gasteiger partial charge in [0.15, 0.2) is 5.75 Å². The fourth-order valence-electron chi connectivity index (χ4n) is 4.24. The van der Waals surface area contributed by atoms with Crippen LogP contribution in [0.1, 0.15) is 0 Å². The molecule has 0 aliphatic heterocycles. The van der Waals surface area contributed by atoms with Gasteiger partial charge in [-0.3, -0.25) is 0 Å². The minimum atomic E-state index is -4.84. The number of halogens is 1. The van der Waals surface area contributed by atoms with E-state index in [9.17, 15) is 33.7 Å². The van der Waals surface area contributed by atoms with E-state index in [-0.39, 0.29) is 29.2 Å². The fourth-order valence-corrected chi connectivity index (χ4v) is 10.0. The Morgan fingerprint density at radius 3 is 1.42 bits per heavy atom. The summed E-state index contributed by atoms with van der Waals surface area (Å²) >= 11 is 0. The molecule has 0 saturated carbocycles. The van der Waals surface area contributed by atoms with Gasteiger partial charge in [0.1, 0.15) is 9.79 Å². The first kappa shape index (κ1) is 30.5. The summed E-state index contributed by atoms with van der Waals surface area (Å²) < 4.78 is 113. The van der Waals surface area contributed by atoms with Gasteiger partial charge in [0.25, 0.3) is 29.1 Å². The smallest absolute Gasteiger partial charge is 0.339 e. The summed E-state index contributed by atoms with van der Waals surface area (Å²) in [5.41, 5.74) is -0.425. The lowest BCUT2D eigenvalue weighted by atomic mass is 10.1. The minimum Gasteiger partial charge on any atom is -0.377 e. The van der Waals surface area contributed by atoms with Crippen LogP contribution < -0.4 is 7.89 Å². The third-order valence-electron chi connectivity index (χ3n) is 6.16. The lowest BCUT2D eigenvalue weighted by Crippen LogP contribution is -2.37. The molecular formula is C28H20ClNO9S4. The molecule has 0 N–H and O–H groups in total. The second-order valence-corrected chi connectivity index (χ2v) is 16.8. The predicted octanol–water partition coefficient (Wildman–Crippen LogP) is 5.12. The van der Waals surface area contributed by atoms with Crippen LogP contribution >= 0.6 is 10.7 Å². The van der Waals surface area contributed by atoms with Gasteiger partial charge >= 0.3 is 10.1 Å². The molecule has 0 heterocycles. The number of rotatable bonds is 9. The number of sulfonamides is 2. The molecule has 0 aromatic heterocycles. The van der Waals surface area contributed by atoms with E-state index in [0.29, 0.717) is 0 Å². The molecule has 0 saturated heterocycles. The van der Waals surface area contributed by atoms with Crippen LogP contribution in [0.4, 0.5) is 5.69 Å². The number of hydrogen-bond acceptors (Lipinski definition) is 9. The molecule has 0 aliphatic rings. The van der Waals surface area contributed by atoms with Crippen LogP contribution in [0.25, 0.3) is 10.8 Å². The zero-order valence-corrected chi connectivity index (χ0v) is 25.7. The van der Waals surface area contributed by atoms with E-state index in [1.807, 2.05) is 0 Å². The molecule has 15 heteroatoms. The van der Waals surface area contributed by atoms with Gasteiger partial charge in [0, 0.05) is 21.5 Å². The third-order valence-corrected chi connectivity index (χ3v) is 12.9. The molecule has 222 valence electrons. The van der Waals surface area contributed by atoms with Gasteiger partial charge in [0.2, 0.25) is 0 Å². The van der Waals surface area contributed by atoms with Crippen LogP contribution in [0.5, 0.6) is 5.75 Å². The zero-order valence-electron chi connectivity index (χ0n) is 21.7. The molecule has 0 fully saturated rings. The van der Waals surface area contributed by atoms with Crippen LogP contribution in [-0.2, 0) is 39.2 Å². The molecule has 0 atom stereocenters. The Hall–Kier alpha value is -3.95. The highest BCUT2D eigenvalue weighted by Crippen LogP contribution is 2.42. The first-order chi connectivity index (χ1) is 20.2. The fraction of sp³-hybridized carbons (Fsp3) is 0. The first-order valence-corrected chi connectivity index (χ1v) is 18.7. The van der Waals surface area contributed by atoms with E-state index < -0.39 is 55.5 Å². The van der Waals surface area contributed by atoms with Gasteiger partial charge in [-0.2, -0.15) is 12.1 Å². The summed E-state index contributed by atoms with van der Waals surface area (Å²) in [5, 5.41) is -0.404. The van der Waals surface area contributed by atoms with E-state index in [2.05, 4.69) is 0 Å². The second-order valence-electron chi connectivity index (χ2n) is 8.89. The molecule has 43 heavy (non-hydrogen) atoms. The normalized spacial score (nSPS) is 12.6. The van der Waals surface area contributed by atoms with Crippen molar-refractivity contribution in [2.24, 2.45) is 0 Å². The molecule has 0 aliphatic carbocycles. The topological polar surface area (TPSA) is 149 Å². The van der Waals surface area contributed by atoms with Crippen molar-refractivity contribution in [2.75, 3.05) is 3.71 Å². The van der Waals surface area contributed by atoms with Crippen molar-refractivity contribution in [3.05, 3.63) is 121 Å². The third kappa shape index (κ3) is 5.84. The van der Waals surface area contributed by atoms with Crippen LogP contribution in [0.15, 0.2) is 141 Å². The zero-order chi connectivity index (χ0) is 31.0. The number of benzene rings is 5. The molecular weight excluding hydrogens is 658 g/mol. The quantitative estimate of drug-likeness (QED) is 0.153. The van der Waals surface area contributed by atoms with Crippen molar-refractivity contribution in [1.82, 2.24) is 0 Å². The van der Waals surface area contributed by atoms with Gasteiger partial charge in [0.05, 0.1) is 15.5 Å². The maximum Gasteiger partial charge on any atom is 0.339 e. The van der Waals surface area contributed by atoms with E-state index in [1.165, 1.54) is 91.0 Å². The van der Waals surface area contributed by atoms with Gasteiger partial charge < -0.3 is 4.18 Å². The highest BCUT2D eigenvalue weighted by Gasteiger charge is 2.38. The summed E-state index contributed by atoms with van der Waals surface area (Å²) in [5.74, 6) is -0.743. The lowest BCUT2D eigenvalue weighted by molar-refractivity contribution is 0.482. The molecule has 5 rings (SSSR count).